The Hall–Kier alpha value is -0.600. The molecule has 2 nitrogen and oxygen atoms in total. The Morgan fingerprint density at radius 3 is 2.20 bits per heavy atom. The van der Waals surface area contributed by atoms with Gasteiger partial charge >= 0.3 is 0 Å². The van der Waals surface area contributed by atoms with E-state index in [1.165, 1.54) is 0 Å². The molecule has 0 saturated heterocycles. The minimum atomic E-state index is -0.669. The Morgan fingerprint density at radius 2 is 2.10 bits per heavy atom. The second kappa shape index (κ2) is 3.54. The van der Waals surface area contributed by atoms with Gasteiger partial charge in [0.2, 0.25) is 0 Å². The van der Waals surface area contributed by atoms with Gasteiger partial charge < -0.3 is 5.21 Å². The molecule has 0 radical (unpaired) electrons. The Morgan fingerprint density at radius 1 is 1.60 bits per heavy atom. The second-order valence-electron chi connectivity index (χ2n) is 2.92. The molecule has 60 valence electrons. The summed E-state index contributed by atoms with van der Waals surface area (Å²) in [6, 6.07) is 0. The molecular formula is C7H14FNO. The molecule has 0 aromatic carbocycles. The lowest BCUT2D eigenvalue weighted by atomic mass is 9.85. The fourth-order valence-corrected chi connectivity index (χ4v) is 0.547. The van der Waals surface area contributed by atoms with Crippen molar-refractivity contribution in [3.63, 3.8) is 0 Å². The Kier molecular flexibility index (Phi) is 3.33. The molecule has 0 saturated carbocycles. The normalized spacial score (nSPS) is 13.8. The molecule has 0 unspecified atom stereocenters. The van der Waals surface area contributed by atoms with Gasteiger partial charge in [0.1, 0.15) is 6.67 Å². The lowest BCUT2D eigenvalue weighted by molar-refractivity contribution is 0.302. The number of rotatable bonds is 3. The summed E-state index contributed by atoms with van der Waals surface area (Å²) in [5, 5.41) is 11.2. The SMILES string of the molecule is CCC(C)(C)/C(CF)=N\O. The summed E-state index contributed by atoms with van der Waals surface area (Å²) in [4.78, 5) is 0. The van der Waals surface area contributed by atoms with Crippen molar-refractivity contribution >= 4 is 5.71 Å². The number of hydrogen-bond donors (Lipinski definition) is 1. The molecule has 0 fully saturated rings. The van der Waals surface area contributed by atoms with Crippen LogP contribution in [0.1, 0.15) is 27.2 Å². The van der Waals surface area contributed by atoms with Crippen molar-refractivity contribution in [2.24, 2.45) is 10.6 Å². The van der Waals surface area contributed by atoms with Crippen molar-refractivity contribution in [1.29, 1.82) is 0 Å². The molecule has 0 aliphatic heterocycles. The second-order valence-corrected chi connectivity index (χ2v) is 2.92. The number of halogens is 1. The molecule has 0 aliphatic rings. The lowest BCUT2D eigenvalue weighted by Crippen LogP contribution is -2.24. The quantitative estimate of drug-likeness (QED) is 0.370. The van der Waals surface area contributed by atoms with Crippen molar-refractivity contribution < 1.29 is 9.60 Å². The predicted octanol–water partition coefficient (Wildman–Crippen LogP) is 2.22. The lowest BCUT2D eigenvalue weighted by Gasteiger charge is -2.21. The first-order valence-electron chi connectivity index (χ1n) is 3.36. The Bertz CT molecular complexity index is 132. The van der Waals surface area contributed by atoms with Crippen molar-refractivity contribution in [1.82, 2.24) is 0 Å². The molecule has 0 rings (SSSR count). The summed E-state index contributed by atoms with van der Waals surface area (Å²) in [6.45, 7) is 4.96. The highest BCUT2D eigenvalue weighted by Gasteiger charge is 2.22. The summed E-state index contributed by atoms with van der Waals surface area (Å²) in [5.41, 5.74) is -0.0984. The zero-order valence-electron chi connectivity index (χ0n) is 6.69. The molecule has 0 aromatic heterocycles. The van der Waals surface area contributed by atoms with Crippen LogP contribution in [0.5, 0.6) is 0 Å². The van der Waals surface area contributed by atoms with Crippen LogP contribution < -0.4 is 0 Å². The van der Waals surface area contributed by atoms with Crippen LogP contribution in [-0.4, -0.2) is 17.6 Å². The third kappa shape index (κ3) is 1.97. The van der Waals surface area contributed by atoms with Crippen LogP contribution in [0.3, 0.4) is 0 Å². The standard InChI is InChI=1S/C7H14FNO/c1-4-7(2,3)6(5-8)9-10/h10H,4-5H2,1-3H3/b9-6-. The van der Waals surface area contributed by atoms with Gasteiger partial charge in [-0.15, -0.1) is 0 Å². The van der Waals surface area contributed by atoms with E-state index in [0.717, 1.165) is 6.42 Å². The highest BCUT2D eigenvalue weighted by atomic mass is 19.1. The fraction of sp³-hybridized carbons (Fsp3) is 0.857. The molecule has 1 N–H and O–H groups in total. The molecule has 0 heterocycles. The van der Waals surface area contributed by atoms with Gasteiger partial charge in [0.15, 0.2) is 0 Å². The molecule has 3 heteroatoms. The fourth-order valence-electron chi connectivity index (χ4n) is 0.547. The minimum Gasteiger partial charge on any atom is -0.411 e. The first-order valence-corrected chi connectivity index (χ1v) is 3.36. The van der Waals surface area contributed by atoms with Gasteiger partial charge in [-0.05, 0) is 6.42 Å². The predicted molar refractivity (Wildman–Crippen MR) is 39.3 cm³/mol. The Balaban J connectivity index is 4.28. The average Bonchev–Trinajstić information content (AvgIpc) is 1.90. The van der Waals surface area contributed by atoms with Crippen LogP contribution >= 0.6 is 0 Å². The van der Waals surface area contributed by atoms with Crippen molar-refractivity contribution in [3.8, 4) is 0 Å². The van der Waals surface area contributed by atoms with Gasteiger partial charge in [-0.2, -0.15) is 0 Å². The molecule has 0 atom stereocenters. The summed E-state index contributed by atoms with van der Waals surface area (Å²) in [7, 11) is 0. The van der Waals surface area contributed by atoms with Gasteiger partial charge in [-0.25, -0.2) is 4.39 Å². The number of alkyl halides is 1. The van der Waals surface area contributed by atoms with Gasteiger partial charge in [-0.3, -0.25) is 0 Å². The highest BCUT2D eigenvalue weighted by Crippen LogP contribution is 2.21. The van der Waals surface area contributed by atoms with Gasteiger partial charge in [0.25, 0.3) is 0 Å². The number of hydrogen-bond acceptors (Lipinski definition) is 2. The van der Waals surface area contributed by atoms with E-state index in [1.54, 1.807) is 0 Å². The third-order valence-corrected chi connectivity index (χ3v) is 1.91. The van der Waals surface area contributed by atoms with Gasteiger partial charge in [0.05, 0.1) is 5.71 Å². The van der Waals surface area contributed by atoms with Crippen LogP contribution in [0.15, 0.2) is 5.16 Å². The number of oxime groups is 1. The van der Waals surface area contributed by atoms with Crippen molar-refractivity contribution in [3.05, 3.63) is 0 Å². The van der Waals surface area contributed by atoms with Crippen LogP contribution in [0.25, 0.3) is 0 Å². The molecule has 0 aromatic rings. The van der Waals surface area contributed by atoms with E-state index in [0.29, 0.717) is 0 Å². The molecule has 0 amide bonds. The number of nitrogens with zero attached hydrogens (tertiary/aromatic N) is 1. The van der Waals surface area contributed by atoms with E-state index in [-0.39, 0.29) is 11.1 Å². The third-order valence-electron chi connectivity index (χ3n) is 1.91. The van der Waals surface area contributed by atoms with Gasteiger partial charge in [0, 0.05) is 5.41 Å². The maximum atomic E-state index is 12.0. The zero-order chi connectivity index (χ0) is 8.20. The average molecular weight is 147 g/mol. The topological polar surface area (TPSA) is 32.6 Å². The monoisotopic (exact) mass is 147 g/mol. The van der Waals surface area contributed by atoms with E-state index >= 15 is 0 Å². The maximum Gasteiger partial charge on any atom is 0.131 e. The smallest absolute Gasteiger partial charge is 0.131 e. The van der Waals surface area contributed by atoms with Crippen LogP contribution in [0.4, 0.5) is 4.39 Å². The van der Waals surface area contributed by atoms with Crippen molar-refractivity contribution in [2.45, 2.75) is 27.2 Å². The highest BCUT2D eigenvalue weighted by molar-refractivity contribution is 5.90. The van der Waals surface area contributed by atoms with E-state index in [2.05, 4.69) is 5.16 Å². The molecule has 10 heavy (non-hydrogen) atoms. The molecule has 0 aliphatic carbocycles. The Labute approximate surface area is 60.7 Å². The summed E-state index contributed by atoms with van der Waals surface area (Å²) >= 11 is 0. The minimum absolute atomic E-state index is 0.218. The largest absolute Gasteiger partial charge is 0.411 e. The van der Waals surface area contributed by atoms with Crippen LogP contribution in [0, 0.1) is 5.41 Å². The zero-order valence-corrected chi connectivity index (χ0v) is 6.69. The van der Waals surface area contributed by atoms with E-state index in [1.807, 2.05) is 20.8 Å². The summed E-state index contributed by atoms with van der Waals surface area (Å²) in [6.07, 6.45) is 0.774. The van der Waals surface area contributed by atoms with E-state index in [4.69, 9.17) is 5.21 Å². The van der Waals surface area contributed by atoms with Crippen molar-refractivity contribution in [2.75, 3.05) is 6.67 Å². The van der Waals surface area contributed by atoms with Gasteiger partial charge in [-0.1, -0.05) is 25.9 Å². The summed E-state index contributed by atoms with van der Waals surface area (Å²) in [5.74, 6) is 0. The van der Waals surface area contributed by atoms with Crippen LogP contribution in [0.2, 0.25) is 0 Å². The maximum absolute atomic E-state index is 12.0. The first-order chi connectivity index (χ1) is 4.58. The molecule has 0 bridgehead atoms. The summed E-state index contributed by atoms with van der Waals surface area (Å²) < 4.78 is 12.0. The van der Waals surface area contributed by atoms with E-state index in [9.17, 15) is 4.39 Å². The molecular weight excluding hydrogens is 133 g/mol. The first kappa shape index (κ1) is 9.40. The van der Waals surface area contributed by atoms with E-state index < -0.39 is 6.67 Å². The van der Waals surface area contributed by atoms with Crippen LogP contribution in [-0.2, 0) is 0 Å². The molecule has 0 spiro atoms.